The van der Waals surface area contributed by atoms with E-state index in [1.54, 1.807) is 6.07 Å². The average molecular weight is 320 g/mol. The number of carbonyl (C=O) groups excluding carboxylic acids is 1. The minimum atomic E-state index is -0.843. The van der Waals surface area contributed by atoms with Crippen LogP contribution in [0.3, 0.4) is 0 Å². The molecule has 1 N–H and O–H groups in total. The average Bonchev–Trinajstić information content (AvgIpc) is 3.17. The van der Waals surface area contributed by atoms with Crippen molar-refractivity contribution in [1.29, 1.82) is 0 Å². The molecule has 3 rings (SSSR count). The molecule has 2 aliphatic rings. The van der Waals surface area contributed by atoms with E-state index in [4.69, 9.17) is 4.74 Å². The van der Waals surface area contributed by atoms with Crippen molar-refractivity contribution >= 4 is 17.7 Å². The smallest absolute Gasteiger partial charge is 0.315 e. The van der Waals surface area contributed by atoms with Gasteiger partial charge in [0.25, 0.3) is 0 Å². The lowest BCUT2D eigenvalue weighted by atomic mass is 9.88. The zero-order valence-electron chi connectivity index (χ0n) is 13.2. The number of aliphatic hydroxyl groups is 1. The van der Waals surface area contributed by atoms with Crippen LogP contribution in [0.25, 0.3) is 0 Å². The van der Waals surface area contributed by atoms with E-state index >= 15 is 0 Å². The summed E-state index contributed by atoms with van der Waals surface area (Å²) in [4.78, 5) is 12.4. The predicted octanol–water partition coefficient (Wildman–Crippen LogP) is 3.88. The van der Waals surface area contributed by atoms with Crippen LogP contribution in [0.1, 0.15) is 51.5 Å². The molecule has 0 aromatic heterocycles. The van der Waals surface area contributed by atoms with Crippen LogP contribution in [0.5, 0.6) is 5.75 Å². The molecule has 2 bridgehead atoms. The molecule has 0 amide bonds. The van der Waals surface area contributed by atoms with Crippen LogP contribution < -0.4 is 4.74 Å². The summed E-state index contributed by atoms with van der Waals surface area (Å²) in [6.45, 7) is 3.93. The Morgan fingerprint density at radius 1 is 1.36 bits per heavy atom. The Bertz CT molecular complexity index is 553. The number of fused-ring (bicyclic) bond motifs is 2. The number of hydrogen-bond acceptors (Lipinski definition) is 4. The second-order valence-electron chi connectivity index (χ2n) is 6.40. The van der Waals surface area contributed by atoms with Crippen molar-refractivity contribution in [3.63, 3.8) is 0 Å². The van der Waals surface area contributed by atoms with Crippen LogP contribution in [0.2, 0.25) is 0 Å². The molecular formula is C18H24O3S. The Labute approximate surface area is 136 Å². The highest BCUT2D eigenvalue weighted by Gasteiger charge is 2.45. The van der Waals surface area contributed by atoms with Gasteiger partial charge in [0, 0.05) is 10.5 Å². The lowest BCUT2D eigenvalue weighted by molar-refractivity contribution is -0.139. The van der Waals surface area contributed by atoms with Gasteiger partial charge < -0.3 is 9.84 Å². The fraction of sp³-hybridized carbons (Fsp3) is 0.611. The number of hydrogen-bond donors (Lipinski definition) is 1. The van der Waals surface area contributed by atoms with Crippen LogP contribution in [0, 0.1) is 5.92 Å². The summed E-state index contributed by atoms with van der Waals surface area (Å²) < 4.78 is 5.61. The van der Waals surface area contributed by atoms with E-state index in [0.717, 1.165) is 18.4 Å². The lowest BCUT2D eigenvalue weighted by Gasteiger charge is -2.26. The standard InChI is InChI=1S/C18H24O3S/c1-3-18(20,4-2)12-6-5-7-13(10-12)21-17(19)15-11-14-8-9-16(15)22-14/h5-7,10,14-16,20H,3-4,8-9,11H2,1-2H3. The Hall–Kier alpha value is -1.00. The van der Waals surface area contributed by atoms with Crippen molar-refractivity contribution < 1.29 is 14.6 Å². The van der Waals surface area contributed by atoms with Gasteiger partial charge in [-0.2, -0.15) is 11.8 Å². The first-order valence-electron chi connectivity index (χ1n) is 8.26. The summed E-state index contributed by atoms with van der Waals surface area (Å²) in [6, 6.07) is 7.36. The highest BCUT2D eigenvalue weighted by Crippen LogP contribution is 2.49. The summed E-state index contributed by atoms with van der Waals surface area (Å²) in [5.41, 5.74) is -0.0184. The maximum Gasteiger partial charge on any atom is 0.315 e. The van der Waals surface area contributed by atoms with E-state index in [1.165, 1.54) is 6.42 Å². The minimum absolute atomic E-state index is 0.0450. The van der Waals surface area contributed by atoms with Gasteiger partial charge in [-0.25, -0.2) is 0 Å². The van der Waals surface area contributed by atoms with Gasteiger partial charge in [0.2, 0.25) is 0 Å². The fourth-order valence-electron chi connectivity index (χ4n) is 3.59. The summed E-state index contributed by atoms with van der Waals surface area (Å²) in [5.74, 6) is 0.493. The Morgan fingerprint density at radius 2 is 2.14 bits per heavy atom. The lowest BCUT2D eigenvalue weighted by Crippen LogP contribution is -2.28. The Morgan fingerprint density at radius 3 is 2.73 bits per heavy atom. The van der Waals surface area contributed by atoms with E-state index in [1.807, 2.05) is 43.8 Å². The van der Waals surface area contributed by atoms with Crippen molar-refractivity contribution in [3.05, 3.63) is 29.8 Å². The topological polar surface area (TPSA) is 46.5 Å². The first-order valence-corrected chi connectivity index (χ1v) is 9.20. The Balaban J connectivity index is 1.72. The first kappa shape index (κ1) is 15.9. The molecule has 2 heterocycles. The predicted molar refractivity (Wildman–Crippen MR) is 89.1 cm³/mol. The molecule has 3 atom stereocenters. The van der Waals surface area contributed by atoms with Crippen LogP contribution in [0.15, 0.2) is 24.3 Å². The number of esters is 1. The molecule has 1 aromatic carbocycles. The van der Waals surface area contributed by atoms with Gasteiger partial charge in [0.05, 0.1) is 11.5 Å². The van der Waals surface area contributed by atoms with Crippen molar-refractivity contribution in [2.75, 3.05) is 0 Å². The highest BCUT2D eigenvalue weighted by atomic mass is 32.2. The van der Waals surface area contributed by atoms with Gasteiger partial charge in [-0.15, -0.1) is 0 Å². The molecule has 4 heteroatoms. The van der Waals surface area contributed by atoms with Crippen LogP contribution >= 0.6 is 11.8 Å². The molecule has 0 saturated carbocycles. The second-order valence-corrected chi connectivity index (χ2v) is 7.95. The van der Waals surface area contributed by atoms with E-state index < -0.39 is 5.60 Å². The Kier molecular flexibility index (Phi) is 4.51. The normalized spacial score (nSPS) is 27.1. The largest absolute Gasteiger partial charge is 0.426 e. The van der Waals surface area contributed by atoms with E-state index in [-0.39, 0.29) is 11.9 Å². The molecule has 0 spiro atoms. The summed E-state index contributed by atoms with van der Waals surface area (Å²) in [5, 5.41) is 11.7. The number of benzene rings is 1. The van der Waals surface area contributed by atoms with E-state index in [2.05, 4.69) is 0 Å². The summed E-state index contributed by atoms with van der Waals surface area (Å²) >= 11 is 1.95. The third kappa shape index (κ3) is 2.91. The van der Waals surface area contributed by atoms with Gasteiger partial charge in [-0.05, 0) is 49.8 Å². The molecule has 1 aromatic rings. The van der Waals surface area contributed by atoms with Crippen molar-refractivity contribution in [2.24, 2.45) is 5.92 Å². The third-order valence-corrected chi connectivity index (χ3v) is 6.90. The maximum atomic E-state index is 12.4. The van der Waals surface area contributed by atoms with E-state index in [0.29, 0.717) is 29.1 Å². The van der Waals surface area contributed by atoms with Crippen LogP contribution in [-0.4, -0.2) is 21.6 Å². The monoisotopic (exact) mass is 320 g/mol. The SMILES string of the molecule is CCC(O)(CC)c1cccc(OC(=O)C2CC3CCC2S3)c1. The van der Waals surface area contributed by atoms with Gasteiger partial charge in [0.15, 0.2) is 0 Å². The van der Waals surface area contributed by atoms with Crippen LogP contribution in [0.4, 0.5) is 0 Å². The molecule has 120 valence electrons. The van der Waals surface area contributed by atoms with Gasteiger partial charge >= 0.3 is 5.97 Å². The number of ether oxygens (including phenoxy) is 1. The zero-order chi connectivity index (χ0) is 15.7. The van der Waals surface area contributed by atoms with Crippen molar-refractivity contribution in [1.82, 2.24) is 0 Å². The molecule has 2 aliphatic heterocycles. The number of thioether (sulfide) groups is 1. The molecule has 0 aliphatic carbocycles. The third-order valence-electron chi connectivity index (χ3n) is 5.17. The van der Waals surface area contributed by atoms with Crippen molar-refractivity contribution in [2.45, 2.75) is 62.1 Å². The first-order chi connectivity index (χ1) is 10.6. The molecule has 2 saturated heterocycles. The number of rotatable bonds is 5. The molecule has 2 fully saturated rings. The molecule has 22 heavy (non-hydrogen) atoms. The maximum absolute atomic E-state index is 12.4. The van der Waals surface area contributed by atoms with Crippen molar-refractivity contribution in [3.8, 4) is 5.75 Å². The molecule has 3 nitrogen and oxygen atoms in total. The van der Waals surface area contributed by atoms with Gasteiger partial charge in [-0.1, -0.05) is 26.0 Å². The molecular weight excluding hydrogens is 296 g/mol. The van der Waals surface area contributed by atoms with Gasteiger partial charge in [0.1, 0.15) is 5.75 Å². The van der Waals surface area contributed by atoms with Gasteiger partial charge in [-0.3, -0.25) is 4.79 Å². The van der Waals surface area contributed by atoms with E-state index in [9.17, 15) is 9.90 Å². The van der Waals surface area contributed by atoms with Crippen LogP contribution in [-0.2, 0) is 10.4 Å². The quantitative estimate of drug-likeness (QED) is 0.660. The minimum Gasteiger partial charge on any atom is -0.426 e. The summed E-state index contributed by atoms with van der Waals surface area (Å²) in [7, 11) is 0. The fourth-order valence-corrected chi connectivity index (χ4v) is 5.35. The summed E-state index contributed by atoms with van der Waals surface area (Å²) in [6.07, 6.45) is 4.63. The zero-order valence-corrected chi connectivity index (χ0v) is 14.1. The number of carbonyl (C=O) groups is 1. The molecule has 0 radical (unpaired) electrons. The second kappa shape index (κ2) is 6.25. The molecule has 3 unspecified atom stereocenters. The highest BCUT2D eigenvalue weighted by molar-refractivity contribution is 8.01.